The second kappa shape index (κ2) is 7.00. The fraction of sp³-hybridized carbons (Fsp3) is 0.381. The predicted octanol–water partition coefficient (Wildman–Crippen LogP) is 3.78. The highest BCUT2D eigenvalue weighted by Crippen LogP contribution is 2.38. The number of carboxylic acids is 1. The van der Waals surface area contributed by atoms with Crippen molar-refractivity contribution in [1.29, 1.82) is 0 Å². The van der Waals surface area contributed by atoms with E-state index < -0.39 is 11.6 Å². The van der Waals surface area contributed by atoms with Gasteiger partial charge in [-0.15, -0.1) is 0 Å². The van der Waals surface area contributed by atoms with Gasteiger partial charge in [-0.25, -0.2) is 4.79 Å². The molecule has 2 aromatic rings. The lowest BCUT2D eigenvalue weighted by Gasteiger charge is -2.37. The standard InChI is InChI=1S/C21H26N2O3/c1-4-10-23-13-15(18-11-16(22)7-8-19(18)23)12-21(26-3)9-5-6-17(14(21)2)20(24)25/h5-9,11,13-14H,4,10,12,22H2,1-3H3,(H,24,25). The second-order valence-corrected chi connectivity index (χ2v) is 6.97. The van der Waals surface area contributed by atoms with Crippen LogP contribution in [0.25, 0.3) is 10.9 Å². The molecule has 1 aromatic carbocycles. The number of benzene rings is 1. The van der Waals surface area contributed by atoms with Gasteiger partial charge < -0.3 is 20.1 Å². The summed E-state index contributed by atoms with van der Waals surface area (Å²) in [6.45, 7) is 4.98. The molecule has 2 atom stereocenters. The van der Waals surface area contributed by atoms with Crippen molar-refractivity contribution >= 4 is 22.6 Å². The van der Waals surface area contributed by atoms with Crippen molar-refractivity contribution in [3.8, 4) is 0 Å². The Hall–Kier alpha value is -2.53. The van der Waals surface area contributed by atoms with Crippen molar-refractivity contribution in [2.24, 2.45) is 5.92 Å². The van der Waals surface area contributed by atoms with E-state index in [4.69, 9.17) is 10.5 Å². The first-order valence-corrected chi connectivity index (χ1v) is 8.97. The molecule has 1 aromatic heterocycles. The number of allylic oxidation sites excluding steroid dienone is 2. The van der Waals surface area contributed by atoms with Gasteiger partial charge in [-0.2, -0.15) is 0 Å². The highest BCUT2D eigenvalue weighted by molar-refractivity contribution is 5.89. The Morgan fingerprint density at radius 1 is 1.42 bits per heavy atom. The Balaban J connectivity index is 2.07. The zero-order chi connectivity index (χ0) is 18.9. The molecular weight excluding hydrogens is 328 g/mol. The fourth-order valence-corrected chi connectivity index (χ4v) is 3.91. The molecule has 3 rings (SSSR count). The third-order valence-electron chi connectivity index (χ3n) is 5.40. The van der Waals surface area contributed by atoms with Crippen molar-refractivity contribution in [3.05, 3.63) is 53.8 Å². The van der Waals surface area contributed by atoms with E-state index >= 15 is 0 Å². The number of carboxylic acid groups (broad SMARTS) is 1. The van der Waals surface area contributed by atoms with Crippen molar-refractivity contribution < 1.29 is 14.6 Å². The number of anilines is 1. The molecule has 0 amide bonds. The molecule has 0 bridgehead atoms. The number of hydrogen-bond acceptors (Lipinski definition) is 3. The van der Waals surface area contributed by atoms with Gasteiger partial charge >= 0.3 is 5.97 Å². The van der Waals surface area contributed by atoms with Crippen LogP contribution in [0.1, 0.15) is 25.8 Å². The summed E-state index contributed by atoms with van der Waals surface area (Å²) in [6, 6.07) is 5.95. The Morgan fingerprint density at radius 2 is 2.19 bits per heavy atom. The first-order chi connectivity index (χ1) is 12.4. The van der Waals surface area contributed by atoms with Crippen molar-refractivity contribution in [2.45, 2.75) is 38.8 Å². The van der Waals surface area contributed by atoms with E-state index in [2.05, 4.69) is 17.7 Å². The van der Waals surface area contributed by atoms with Crippen molar-refractivity contribution in [1.82, 2.24) is 4.57 Å². The van der Waals surface area contributed by atoms with Gasteiger partial charge in [0.15, 0.2) is 0 Å². The first kappa shape index (κ1) is 18.3. The fourth-order valence-electron chi connectivity index (χ4n) is 3.91. The summed E-state index contributed by atoms with van der Waals surface area (Å²) in [4.78, 5) is 11.6. The third-order valence-corrected chi connectivity index (χ3v) is 5.40. The number of fused-ring (bicyclic) bond motifs is 1. The van der Waals surface area contributed by atoms with E-state index in [0.29, 0.717) is 12.0 Å². The summed E-state index contributed by atoms with van der Waals surface area (Å²) in [5.74, 6) is -1.17. The molecule has 5 nitrogen and oxygen atoms in total. The Kier molecular flexibility index (Phi) is 4.92. The number of ether oxygens (including phenoxy) is 1. The highest BCUT2D eigenvalue weighted by Gasteiger charge is 2.40. The van der Waals surface area contributed by atoms with Crippen LogP contribution in [0.15, 0.2) is 48.2 Å². The molecule has 0 saturated heterocycles. The van der Waals surface area contributed by atoms with Gasteiger partial charge in [0.25, 0.3) is 0 Å². The van der Waals surface area contributed by atoms with Crippen LogP contribution in [0.3, 0.4) is 0 Å². The number of methoxy groups -OCH3 is 1. The van der Waals surface area contributed by atoms with E-state index in [1.165, 1.54) is 0 Å². The van der Waals surface area contributed by atoms with Gasteiger partial charge in [0.2, 0.25) is 0 Å². The quantitative estimate of drug-likeness (QED) is 0.774. The van der Waals surface area contributed by atoms with Gasteiger partial charge in [0, 0.05) is 54.4 Å². The van der Waals surface area contributed by atoms with Crippen LogP contribution in [0.5, 0.6) is 0 Å². The average molecular weight is 354 g/mol. The lowest BCUT2D eigenvalue weighted by Crippen LogP contribution is -2.42. The molecule has 1 heterocycles. The molecule has 138 valence electrons. The molecule has 0 fully saturated rings. The van der Waals surface area contributed by atoms with Crippen molar-refractivity contribution in [3.63, 3.8) is 0 Å². The summed E-state index contributed by atoms with van der Waals surface area (Å²) < 4.78 is 8.13. The summed E-state index contributed by atoms with van der Waals surface area (Å²) in [7, 11) is 1.64. The van der Waals surface area contributed by atoms with E-state index in [9.17, 15) is 9.90 Å². The molecular formula is C21H26N2O3. The molecule has 1 aliphatic carbocycles. The normalized spacial score (nSPS) is 22.6. The number of rotatable bonds is 6. The lowest BCUT2D eigenvalue weighted by molar-refractivity contribution is -0.134. The molecule has 0 saturated carbocycles. The number of aryl methyl sites for hydroxylation is 1. The minimum atomic E-state index is -0.902. The molecule has 26 heavy (non-hydrogen) atoms. The molecule has 5 heteroatoms. The minimum Gasteiger partial charge on any atom is -0.478 e. The van der Waals surface area contributed by atoms with Gasteiger partial charge in [-0.1, -0.05) is 32.1 Å². The number of aromatic nitrogens is 1. The highest BCUT2D eigenvalue weighted by atomic mass is 16.5. The van der Waals surface area contributed by atoms with Gasteiger partial charge in [-0.05, 0) is 30.2 Å². The largest absolute Gasteiger partial charge is 0.478 e. The maximum atomic E-state index is 11.6. The number of hydrogen-bond donors (Lipinski definition) is 2. The average Bonchev–Trinajstić information content (AvgIpc) is 2.93. The number of aliphatic carboxylic acids is 1. The van der Waals surface area contributed by atoms with Gasteiger partial charge in [0.05, 0.1) is 5.60 Å². The summed E-state index contributed by atoms with van der Waals surface area (Å²) in [5, 5.41) is 10.6. The van der Waals surface area contributed by atoms with Gasteiger partial charge in [-0.3, -0.25) is 0 Å². The number of nitrogen functional groups attached to an aromatic ring is 1. The van der Waals surface area contributed by atoms with Crippen LogP contribution in [0, 0.1) is 5.92 Å². The minimum absolute atomic E-state index is 0.263. The summed E-state index contributed by atoms with van der Waals surface area (Å²) in [5.41, 5.74) is 8.67. The Labute approximate surface area is 153 Å². The molecule has 0 spiro atoms. The van der Waals surface area contributed by atoms with E-state index in [1.54, 1.807) is 19.3 Å². The summed E-state index contributed by atoms with van der Waals surface area (Å²) in [6.07, 6.45) is 9.18. The number of nitrogens with two attached hydrogens (primary N) is 1. The molecule has 1 aliphatic rings. The predicted molar refractivity (Wildman–Crippen MR) is 104 cm³/mol. The summed E-state index contributed by atoms with van der Waals surface area (Å²) >= 11 is 0. The monoisotopic (exact) mass is 354 g/mol. The maximum Gasteiger partial charge on any atom is 0.331 e. The zero-order valence-corrected chi connectivity index (χ0v) is 15.5. The van der Waals surface area contributed by atoms with Crippen LogP contribution in [0.4, 0.5) is 5.69 Å². The Bertz CT molecular complexity index is 894. The SMILES string of the molecule is CCCn1cc(CC2(OC)C=CC=C(C(=O)O)C2C)c2cc(N)ccc21. The first-order valence-electron chi connectivity index (χ1n) is 8.97. The lowest BCUT2D eigenvalue weighted by atomic mass is 9.75. The number of carbonyl (C=O) groups is 1. The van der Waals surface area contributed by atoms with Crippen LogP contribution in [-0.2, 0) is 22.5 Å². The second-order valence-electron chi connectivity index (χ2n) is 6.97. The van der Waals surface area contributed by atoms with Crippen LogP contribution in [0.2, 0.25) is 0 Å². The van der Waals surface area contributed by atoms with Crippen molar-refractivity contribution in [2.75, 3.05) is 12.8 Å². The molecule has 2 unspecified atom stereocenters. The Morgan fingerprint density at radius 3 is 2.85 bits per heavy atom. The van der Waals surface area contributed by atoms with Crippen LogP contribution < -0.4 is 5.73 Å². The van der Waals surface area contributed by atoms with Gasteiger partial charge in [0.1, 0.15) is 0 Å². The van der Waals surface area contributed by atoms with Crippen LogP contribution in [-0.4, -0.2) is 28.4 Å². The third kappa shape index (κ3) is 3.03. The molecule has 3 N–H and O–H groups in total. The van der Waals surface area contributed by atoms with E-state index in [0.717, 1.165) is 35.1 Å². The number of nitrogens with zero attached hydrogens (tertiary/aromatic N) is 1. The topological polar surface area (TPSA) is 77.5 Å². The zero-order valence-electron chi connectivity index (χ0n) is 15.5. The van der Waals surface area contributed by atoms with E-state index in [-0.39, 0.29) is 5.92 Å². The molecule has 0 radical (unpaired) electrons. The van der Waals surface area contributed by atoms with Crippen LogP contribution >= 0.6 is 0 Å². The maximum absolute atomic E-state index is 11.6. The molecule has 0 aliphatic heterocycles. The van der Waals surface area contributed by atoms with E-state index in [1.807, 2.05) is 31.2 Å². The smallest absolute Gasteiger partial charge is 0.331 e.